The molecule has 0 aromatic heterocycles. The van der Waals surface area contributed by atoms with Crippen LogP contribution in [0.3, 0.4) is 0 Å². The van der Waals surface area contributed by atoms with E-state index in [1.807, 2.05) is 38.1 Å². The van der Waals surface area contributed by atoms with E-state index in [0.29, 0.717) is 11.3 Å². The molecule has 0 radical (unpaired) electrons. The molecule has 0 bridgehead atoms. The number of rotatable bonds is 6. The highest BCUT2D eigenvalue weighted by Gasteiger charge is 2.13. The summed E-state index contributed by atoms with van der Waals surface area (Å²) in [4.78, 5) is 23.9. The number of hydrogen-bond donors (Lipinski definition) is 2. The Morgan fingerprint density at radius 2 is 1.67 bits per heavy atom. The van der Waals surface area contributed by atoms with Crippen molar-refractivity contribution in [1.82, 2.24) is 5.32 Å². The molecular weight excluding hydrogens is 307 g/mol. The molecule has 0 heterocycles. The SMILES string of the molecule is CC(C)c1ccccc1NC(=O)CC(=O)NCc1ccccc1F. The van der Waals surface area contributed by atoms with Crippen molar-refractivity contribution < 1.29 is 14.0 Å². The van der Waals surface area contributed by atoms with Gasteiger partial charge in [0.2, 0.25) is 11.8 Å². The summed E-state index contributed by atoms with van der Waals surface area (Å²) in [5, 5.41) is 5.31. The molecular formula is C19H21FN2O2. The van der Waals surface area contributed by atoms with Crippen LogP contribution in [0.5, 0.6) is 0 Å². The van der Waals surface area contributed by atoms with Crippen LogP contribution in [0.25, 0.3) is 0 Å². The minimum Gasteiger partial charge on any atom is -0.351 e. The quantitative estimate of drug-likeness (QED) is 0.796. The third-order valence-electron chi connectivity index (χ3n) is 3.61. The molecule has 0 atom stereocenters. The number of amides is 2. The Balaban J connectivity index is 1.88. The van der Waals surface area contributed by atoms with E-state index in [1.165, 1.54) is 6.07 Å². The first-order valence-corrected chi connectivity index (χ1v) is 7.86. The first-order valence-electron chi connectivity index (χ1n) is 7.86. The van der Waals surface area contributed by atoms with Gasteiger partial charge in [-0.05, 0) is 23.6 Å². The molecule has 2 N–H and O–H groups in total. The third kappa shape index (κ3) is 4.91. The predicted octanol–water partition coefficient (Wildman–Crippen LogP) is 3.59. The molecule has 0 saturated heterocycles. The Morgan fingerprint density at radius 3 is 2.38 bits per heavy atom. The van der Waals surface area contributed by atoms with Crippen LogP contribution in [0.1, 0.15) is 37.3 Å². The van der Waals surface area contributed by atoms with Crippen molar-refractivity contribution in [3.05, 3.63) is 65.5 Å². The van der Waals surface area contributed by atoms with Crippen molar-refractivity contribution in [2.24, 2.45) is 0 Å². The fourth-order valence-electron chi connectivity index (χ4n) is 2.35. The highest BCUT2D eigenvalue weighted by molar-refractivity contribution is 6.03. The number of halogens is 1. The van der Waals surface area contributed by atoms with E-state index in [-0.39, 0.29) is 24.7 Å². The summed E-state index contributed by atoms with van der Waals surface area (Å²) >= 11 is 0. The summed E-state index contributed by atoms with van der Waals surface area (Å²) in [6.45, 7) is 4.12. The molecule has 0 aliphatic rings. The van der Waals surface area contributed by atoms with Crippen LogP contribution in [0.4, 0.5) is 10.1 Å². The van der Waals surface area contributed by atoms with Gasteiger partial charge < -0.3 is 10.6 Å². The van der Waals surface area contributed by atoms with Crippen LogP contribution in [-0.2, 0) is 16.1 Å². The molecule has 2 aromatic rings. The number of nitrogens with one attached hydrogen (secondary N) is 2. The summed E-state index contributed by atoms with van der Waals surface area (Å²) in [6, 6.07) is 13.7. The molecule has 2 aromatic carbocycles. The largest absolute Gasteiger partial charge is 0.351 e. The van der Waals surface area contributed by atoms with Crippen molar-refractivity contribution >= 4 is 17.5 Å². The van der Waals surface area contributed by atoms with Crippen molar-refractivity contribution in [3.63, 3.8) is 0 Å². The molecule has 2 amide bonds. The lowest BCUT2D eigenvalue weighted by molar-refractivity contribution is -0.126. The predicted molar refractivity (Wildman–Crippen MR) is 92.0 cm³/mol. The summed E-state index contributed by atoms with van der Waals surface area (Å²) in [5.41, 5.74) is 2.11. The molecule has 24 heavy (non-hydrogen) atoms. The minimum absolute atomic E-state index is 0.0569. The van der Waals surface area contributed by atoms with Gasteiger partial charge in [0.15, 0.2) is 0 Å². The van der Waals surface area contributed by atoms with E-state index < -0.39 is 11.8 Å². The van der Waals surface area contributed by atoms with E-state index in [1.54, 1.807) is 18.2 Å². The maximum Gasteiger partial charge on any atom is 0.233 e. The highest BCUT2D eigenvalue weighted by atomic mass is 19.1. The second-order valence-corrected chi connectivity index (χ2v) is 5.84. The topological polar surface area (TPSA) is 58.2 Å². The van der Waals surface area contributed by atoms with Gasteiger partial charge in [0.05, 0.1) is 0 Å². The average molecular weight is 328 g/mol. The zero-order chi connectivity index (χ0) is 17.5. The minimum atomic E-state index is -0.446. The number of para-hydroxylation sites is 1. The highest BCUT2D eigenvalue weighted by Crippen LogP contribution is 2.23. The fraction of sp³-hybridized carbons (Fsp3) is 0.263. The zero-order valence-electron chi connectivity index (χ0n) is 13.8. The Labute approximate surface area is 141 Å². The maximum atomic E-state index is 13.5. The summed E-state index contributed by atoms with van der Waals surface area (Å²) in [6.07, 6.45) is -0.305. The lowest BCUT2D eigenvalue weighted by Gasteiger charge is -2.13. The van der Waals surface area contributed by atoms with Gasteiger partial charge in [0, 0.05) is 17.8 Å². The molecule has 2 rings (SSSR count). The fourth-order valence-corrected chi connectivity index (χ4v) is 2.35. The molecule has 5 heteroatoms. The van der Waals surface area contributed by atoms with Crippen LogP contribution in [0, 0.1) is 5.82 Å². The number of carbonyl (C=O) groups is 2. The van der Waals surface area contributed by atoms with Gasteiger partial charge in [0.25, 0.3) is 0 Å². The Morgan fingerprint density at radius 1 is 1.00 bits per heavy atom. The van der Waals surface area contributed by atoms with Gasteiger partial charge >= 0.3 is 0 Å². The van der Waals surface area contributed by atoms with Gasteiger partial charge in [-0.3, -0.25) is 9.59 Å². The molecule has 0 unspecified atom stereocenters. The second-order valence-electron chi connectivity index (χ2n) is 5.84. The van der Waals surface area contributed by atoms with Crippen molar-refractivity contribution in [1.29, 1.82) is 0 Å². The molecule has 0 fully saturated rings. The molecule has 0 saturated carbocycles. The van der Waals surface area contributed by atoms with Gasteiger partial charge in [0.1, 0.15) is 12.2 Å². The van der Waals surface area contributed by atoms with Gasteiger partial charge in [-0.15, -0.1) is 0 Å². The van der Waals surface area contributed by atoms with Gasteiger partial charge in [-0.25, -0.2) is 4.39 Å². The van der Waals surface area contributed by atoms with Crippen LogP contribution < -0.4 is 10.6 Å². The van der Waals surface area contributed by atoms with Crippen LogP contribution in [-0.4, -0.2) is 11.8 Å². The monoisotopic (exact) mass is 328 g/mol. The van der Waals surface area contributed by atoms with E-state index in [2.05, 4.69) is 10.6 Å². The van der Waals surface area contributed by atoms with Crippen molar-refractivity contribution in [3.8, 4) is 0 Å². The Hall–Kier alpha value is -2.69. The average Bonchev–Trinajstić information content (AvgIpc) is 2.54. The van der Waals surface area contributed by atoms with Crippen LogP contribution >= 0.6 is 0 Å². The smallest absolute Gasteiger partial charge is 0.233 e. The number of hydrogen-bond acceptors (Lipinski definition) is 2. The van der Waals surface area contributed by atoms with Crippen molar-refractivity contribution in [2.45, 2.75) is 32.7 Å². The van der Waals surface area contributed by atoms with Crippen molar-refractivity contribution in [2.75, 3.05) is 5.32 Å². The third-order valence-corrected chi connectivity index (χ3v) is 3.61. The van der Waals surface area contributed by atoms with E-state index in [4.69, 9.17) is 0 Å². The number of carbonyl (C=O) groups excluding carboxylic acids is 2. The molecule has 0 aliphatic heterocycles. The first kappa shape index (κ1) is 17.7. The summed E-state index contributed by atoms with van der Waals surface area (Å²) in [7, 11) is 0. The van der Waals surface area contributed by atoms with Crippen LogP contribution in [0.2, 0.25) is 0 Å². The summed E-state index contributed by atoms with van der Waals surface area (Å²) in [5.74, 6) is -0.962. The normalized spacial score (nSPS) is 10.5. The Kier molecular flexibility index (Phi) is 6.07. The first-order chi connectivity index (χ1) is 11.5. The zero-order valence-corrected chi connectivity index (χ0v) is 13.8. The number of benzene rings is 2. The second kappa shape index (κ2) is 8.24. The molecule has 126 valence electrons. The van der Waals surface area contributed by atoms with E-state index in [9.17, 15) is 14.0 Å². The molecule has 0 spiro atoms. The van der Waals surface area contributed by atoms with Crippen LogP contribution in [0.15, 0.2) is 48.5 Å². The molecule has 4 nitrogen and oxygen atoms in total. The molecule has 0 aliphatic carbocycles. The standard InChI is InChI=1S/C19H21FN2O2/c1-13(2)15-8-4-6-10-17(15)22-19(24)11-18(23)21-12-14-7-3-5-9-16(14)20/h3-10,13H,11-12H2,1-2H3,(H,21,23)(H,22,24). The van der Waals surface area contributed by atoms with Gasteiger partial charge in [-0.1, -0.05) is 50.2 Å². The maximum absolute atomic E-state index is 13.5. The lowest BCUT2D eigenvalue weighted by Crippen LogP contribution is -2.28. The Bertz CT molecular complexity index is 729. The van der Waals surface area contributed by atoms with Gasteiger partial charge in [-0.2, -0.15) is 0 Å². The van der Waals surface area contributed by atoms with E-state index in [0.717, 1.165) is 5.56 Å². The lowest BCUT2D eigenvalue weighted by atomic mass is 10.0. The number of anilines is 1. The van der Waals surface area contributed by atoms with E-state index >= 15 is 0 Å². The summed E-state index contributed by atoms with van der Waals surface area (Å²) < 4.78 is 13.5.